The van der Waals surface area contributed by atoms with Crippen LogP contribution in [-0.2, 0) is 9.59 Å². The number of aromatic nitrogens is 2. The Bertz CT molecular complexity index is 1250. The van der Waals surface area contributed by atoms with Crippen LogP contribution in [0.1, 0.15) is 19.8 Å². The zero-order chi connectivity index (χ0) is 26.9. The van der Waals surface area contributed by atoms with E-state index in [1.807, 2.05) is 24.3 Å². The number of hydrogen-bond donors (Lipinski definition) is 5. The number of carbonyl (C=O) groups is 2. The van der Waals surface area contributed by atoms with Crippen LogP contribution < -0.4 is 26.3 Å². The van der Waals surface area contributed by atoms with E-state index in [0.29, 0.717) is 28.9 Å². The van der Waals surface area contributed by atoms with Gasteiger partial charge in [-0.1, -0.05) is 17.7 Å². The number of hydrogen-bond acceptors (Lipinski definition) is 9. The highest BCUT2D eigenvalue weighted by Gasteiger charge is 2.17. The van der Waals surface area contributed by atoms with E-state index in [-0.39, 0.29) is 11.8 Å². The first-order valence-corrected chi connectivity index (χ1v) is 12.7. The maximum Gasteiger partial charge on any atom is 0.243 e. The van der Waals surface area contributed by atoms with E-state index >= 15 is 0 Å². The summed E-state index contributed by atoms with van der Waals surface area (Å²) in [4.78, 5) is 36.0. The SMILES string of the molecule is CC(=O)Nc1cccc(Nc2nc(Nc3ccc(N4CCN(CCCC(=O)NO)CC4)cc3)ncc2Cl)c1. The van der Waals surface area contributed by atoms with E-state index in [1.165, 1.54) is 13.1 Å². The topological polar surface area (TPSA) is 135 Å². The van der Waals surface area contributed by atoms with Gasteiger partial charge in [0.15, 0.2) is 5.82 Å². The molecule has 2 amide bonds. The van der Waals surface area contributed by atoms with Crippen molar-refractivity contribution in [1.29, 1.82) is 0 Å². The molecule has 4 rings (SSSR count). The molecule has 1 fully saturated rings. The third-order valence-corrected chi connectivity index (χ3v) is 6.33. The number of rotatable bonds is 10. The predicted molar refractivity (Wildman–Crippen MR) is 149 cm³/mol. The average molecular weight is 539 g/mol. The van der Waals surface area contributed by atoms with E-state index in [1.54, 1.807) is 17.6 Å². The van der Waals surface area contributed by atoms with Gasteiger partial charge in [-0.3, -0.25) is 19.7 Å². The van der Waals surface area contributed by atoms with Gasteiger partial charge in [-0.05, 0) is 55.4 Å². The molecule has 1 saturated heterocycles. The Hall–Kier alpha value is -3.93. The van der Waals surface area contributed by atoms with Gasteiger partial charge in [0.2, 0.25) is 17.8 Å². The van der Waals surface area contributed by atoms with Crippen LogP contribution in [0.3, 0.4) is 0 Å². The number of hydroxylamine groups is 1. The summed E-state index contributed by atoms with van der Waals surface area (Å²) in [5, 5.41) is 18.1. The Kier molecular flexibility index (Phi) is 9.30. The standard InChI is InChI=1S/C26H31ClN8O3/c1-18(36)29-20-4-2-5-21(16-20)30-25-23(27)17-28-26(32-25)31-19-7-9-22(10-8-19)35-14-12-34(13-15-35)11-3-6-24(37)33-38/h2,4-5,7-10,16-17,38H,3,6,11-15H2,1H3,(H,29,36)(H,33,37)(H2,28,30,31,32). The van der Waals surface area contributed by atoms with Crippen LogP contribution in [0, 0.1) is 0 Å². The predicted octanol–water partition coefficient (Wildman–Crippen LogP) is 3.98. The highest BCUT2D eigenvalue weighted by molar-refractivity contribution is 6.32. The molecule has 0 atom stereocenters. The van der Waals surface area contributed by atoms with Gasteiger partial charge < -0.3 is 20.9 Å². The molecule has 2 aromatic carbocycles. The third-order valence-electron chi connectivity index (χ3n) is 6.05. The fourth-order valence-electron chi connectivity index (χ4n) is 4.16. The molecule has 1 aliphatic rings. The van der Waals surface area contributed by atoms with E-state index in [9.17, 15) is 9.59 Å². The zero-order valence-corrected chi connectivity index (χ0v) is 21.8. The quantitative estimate of drug-likeness (QED) is 0.192. The number of nitrogens with one attached hydrogen (secondary N) is 4. The summed E-state index contributed by atoms with van der Waals surface area (Å²) < 4.78 is 0. The molecule has 38 heavy (non-hydrogen) atoms. The number of piperazine rings is 1. The molecule has 0 saturated carbocycles. The fourth-order valence-corrected chi connectivity index (χ4v) is 4.30. The molecule has 3 aromatic rings. The maximum atomic E-state index is 11.3. The van der Waals surface area contributed by atoms with Crippen LogP contribution in [-0.4, -0.2) is 64.6 Å². The summed E-state index contributed by atoms with van der Waals surface area (Å²) >= 11 is 6.32. The van der Waals surface area contributed by atoms with Crippen molar-refractivity contribution in [3.05, 3.63) is 59.8 Å². The Morgan fingerprint density at radius 2 is 1.74 bits per heavy atom. The van der Waals surface area contributed by atoms with Gasteiger partial charge in [0.05, 0.1) is 6.20 Å². The lowest BCUT2D eigenvalue weighted by atomic mass is 10.2. The summed E-state index contributed by atoms with van der Waals surface area (Å²) in [6, 6.07) is 15.4. The highest BCUT2D eigenvalue weighted by atomic mass is 35.5. The third kappa shape index (κ3) is 7.78. The van der Waals surface area contributed by atoms with Crippen molar-refractivity contribution in [2.45, 2.75) is 19.8 Å². The lowest BCUT2D eigenvalue weighted by molar-refractivity contribution is -0.129. The van der Waals surface area contributed by atoms with E-state index in [2.05, 4.69) is 47.9 Å². The molecule has 12 heteroatoms. The first-order valence-electron chi connectivity index (χ1n) is 12.3. The number of carbonyl (C=O) groups excluding carboxylic acids is 2. The van der Waals surface area contributed by atoms with Crippen LogP contribution >= 0.6 is 11.6 Å². The Morgan fingerprint density at radius 3 is 2.45 bits per heavy atom. The van der Waals surface area contributed by atoms with Crippen LogP contribution in [0.2, 0.25) is 5.02 Å². The second-order valence-electron chi connectivity index (χ2n) is 8.92. The molecule has 11 nitrogen and oxygen atoms in total. The van der Waals surface area contributed by atoms with Crippen molar-refractivity contribution in [2.24, 2.45) is 0 Å². The number of nitrogens with zero attached hydrogens (tertiary/aromatic N) is 4. The summed E-state index contributed by atoms with van der Waals surface area (Å²) in [5.41, 5.74) is 5.04. The Balaban J connectivity index is 1.32. The largest absolute Gasteiger partial charge is 0.369 e. The molecule has 0 bridgehead atoms. The first-order chi connectivity index (χ1) is 18.4. The van der Waals surface area contributed by atoms with E-state index < -0.39 is 0 Å². The van der Waals surface area contributed by atoms with Crippen LogP contribution in [0.15, 0.2) is 54.7 Å². The molecular weight excluding hydrogens is 508 g/mol. The van der Waals surface area contributed by atoms with Crippen LogP contribution in [0.5, 0.6) is 0 Å². The average Bonchev–Trinajstić information content (AvgIpc) is 2.91. The fraction of sp³-hybridized carbons (Fsp3) is 0.308. The molecular formula is C26H31ClN8O3. The molecule has 0 aliphatic carbocycles. The minimum absolute atomic E-state index is 0.149. The molecule has 5 N–H and O–H groups in total. The number of anilines is 6. The van der Waals surface area contributed by atoms with Gasteiger partial charge in [0, 0.05) is 62.3 Å². The lowest BCUT2D eigenvalue weighted by Gasteiger charge is -2.36. The van der Waals surface area contributed by atoms with Gasteiger partial charge in [-0.2, -0.15) is 4.98 Å². The summed E-state index contributed by atoms with van der Waals surface area (Å²) in [5.74, 6) is 0.341. The monoisotopic (exact) mass is 538 g/mol. The molecule has 2 heterocycles. The van der Waals surface area contributed by atoms with Crippen LogP contribution in [0.4, 0.5) is 34.5 Å². The zero-order valence-electron chi connectivity index (χ0n) is 21.1. The summed E-state index contributed by atoms with van der Waals surface area (Å²) in [6.45, 7) is 5.93. The highest BCUT2D eigenvalue weighted by Crippen LogP contribution is 2.27. The summed E-state index contributed by atoms with van der Waals surface area (Å²) in [6.07, 6.45) is 2.58. The molecule has 1 aliphatic heterocycles. The van der Waals surface area contributed by atoms with Crippen LogP contribution in [0.25, 0.3) is 0 Å². The minimum atomic E-state index is -0.345. The van der Waals surface area contributed by atoms with Gasteiger partial charge in [0.1, 0.15) is 5.02 Å². The van der Waals surface area contributed by atoms with Crippen molar-refractivity contribution in [3.8, 4) is 0 Å². The lowest BCUT2D eigenvalue weighted by Crippen LogP contribution is -2.46. The summed E-state index contributed by atoms with van der Waals surface area (Å²) in [7, 11) is 0. The number of benzene rings is 2. The maximum absolute atomic E-state index is 11.3. The van der Waals surface area contributed by atoms with Crippen molar-refractivity contribution in [3.63, 3.8) is 0 Å². The van der Waals surface area contributed by atoms with Crippen molar-refractivity contribution < 1.29 is 14.8 Å². The molecule has 0 spiro atoms. The molecule has 200 valence electrons. The van der Waals surface area contributed by atoms with Crippen molar-refractivity contribution in [2.75, 3.05) is 53.6 Å². The molecule has 0 unspecified atom stereocenters. The minimum Gasteiger partial charge on any atom is -0.369 e. The molecule has 1 aromatic heterocycles. The first kappa shape index (κ1) is 27.1. The van der Waals surface area contributed by atoms with Gasteiger partial charge in [-0.15, -0.1) is 0 Å². The Morgan fingerprint density at radius 1 is 1.00 bits per heavy atom. The number of amides is 2. The second-order valence-corrected chi connectivity index (χ2v) is 9.32. The normalized spacial score (nSPS) is 13.6. The number of halogens is 1. The van der Waals surface area contributed by atoms with Gasteiger partial charge in [-0.25, -0.2) is 10.5 Å². The van der Waals surface area contributed by atoms with Gasteiger partial charge >= 0.3 is 0 Å². The van der Waals surface area contributed by atoms with E-state index in [4.69, 9.17) is 16.8 Å². The van der Waals surface area contributed by atoms with Gasteiger partial charge in [0.25, 0.3) is 0 Å². The van der Waals surface area contributed by atoms with E-state index in [0.717, 1.165) is 56.2 Å². The van der Waals surface area contributed by atoms with Crippen molar-refractivity contribution in [1.82, 2.24) is 20.3 Å². The molecule has 0 radical (unpaired) electrons. The Labute approximate surface area is 226 Å². The van der Waals surface area contributed by atoms with Crippen molar-refractivity contribution >= 4 is 57.9 Å². The second kappa shape index (κ2) is 13.0. The smallest absolute Gasteiger partial charge is 0.243 e.